The average Bonchev–Trinajstić information content (AvgIpc) is 3.18. The number of rotatable bonds is 8. The van der Waals surface area contributed by atoms with Gasteiger partial charge in [0.15, 0.2) is 0 Å². The molecule has 2 amide bonds. The maximum Gasteiger partial charge on any atom is 0.416 e. The number of carbonyl (C=O) groups is 2. The van der Waals surface area contributed by atoms with Crippen LogP contribution in [0.2, 0.25) is 0 Å². The molecule has 4 nitrogen and oxygen atoms in total. The SMILES string of the molecule is O=C(CC[C@]1(Cc2ccc3ccccc3c2)CCC(=O)N1)NCCc1ccccc1C(F)(F)F. The van der Waals surface area contributed by atoms with E-state index >= 15 is 0 Å². The van der Waals surface area contributed by atoms with Crippen LogP contribution in [0.4, 0.5) is 13.2 Å². The van der Waals surface area contributed by atoms with Crippen LogP contribution in [0.5, 0.6) is 0 Å². The molecule has 3 aromatic rings. The van der Waals surface area contributed by atoms with Gasteiger partial charge in [-0.3, -0.25) is 9.59 Å². The van der Waals surface area contributed by atoms with Crippen LogP contribution in [0.15, 0.2) is 66.7 Å². The number of hydrogen-bond donors (Lipinski definition) is 2. The minimum absolute atomic E-state index is 0.0232. The molecule has 0 saturated carbocycles. The van der Waals surface area contributed by atoms with Crippen molar-refractivity contribution in [1.82, 2.24) is 10.6 Å². The van der Waals surface area contributed by atoms with Crippen molar-refractivity contribution in [2.24, 2.45) is 0 Å². The number of benzene rings is 3. The normalized spacial score (nSPS) is 18.1. The second-order valence-electron chi connectivity index (χ2n) is 8.94. The number of halogens is 3. The zero-order chi connectivity index (χ0) is 24.2. The second-order valence-corrected chi connectivity index (χ2v) is 8.94. The Bertz CT molecular complexity index is 1190. The highest BCUT2D eigenvalue weighted by Crippen LogP contribution is 2.32. The molecule has 1 fully saturated rings. The molecule has 1 aliphatic rings. The number of nitrogens with one attached hydrogen (secondary N) is 2. The van der Waals surface area contributed by atoms with Crippen molar-refractivity contribution < 1.29 is 22.8 Å². The van der Waals surface area contributed by atoms with E-state index in [1.54, 1.807) is 6.07 Å². The van der Waals surface area contributed by atoms with Crippen LogP contribution in [0.25, 0.3) is 10.8 Å². The molecular formula is C27H27F3N2O2. The monoisotopic (exact) mass is 468 g/mol. The Hall–Kier alpha value is -3.35. The zero-order valence-electron chi connectivity index (χ0n) is 18.8. The fourth-order valence-corrected chi connectivity index (χ4v) is 4.71. The van der Waals surface area contributed by atoms with Gasteiger partial charge in [0.2, 0.25) is 11.8 Å². The van der Waals surface area contributed by atoms with Crippen molar-refractivity contribution in [2.45, 2.75) is 50.2 Å². The Morgan fingerprint density at radius 3 is 2.47 bits per heavy atom. The van der Waals surface area contributed by atoms with Crippen molar-refractivity contribution in [1.29, 1.82) is 0 Å². The lowest BCUT2D eigenvalue weighted by Crippen LogP contribution is -2.44. The number of amides is 2. The topological polar surface area (TPSA) is 58.2 Å². The summed E-state index contributed by atoms with van der Waals surface area (Å²) in [5.74, 6) is -0.256. The van der Waals surface area contributed by atoms with Gasteiger partial charge in [-0.2, -0.15) is 13.2 Å². The molecule has 7 heteroatoms. The Kier molecular flexibility index (Phi) is 6.91. The van der Waals surface area contributed by atoms with E-state index < -0.39 is 17.3 Å². The summed E-state index contributed by atoms with van der Waals surface area (Å²) in [5.41, 5.74) is 0.0724. The highest BCUT2D eigenvalue weighted by Gasteiger charge is 2.38. The molecule has 0 aromatic heterocycles. The Morgan fingerprint density at radius 1 is 1.00 bits per heavy atom. The van der Waals surface area contributed by atoms with Gasteiger partial charge in [0.1, 0.15) is 0 Å². The molecule has 0 aliphatic carbocycles. The van der Waals surface area contributed by atoms with Gasteiger partial charge in [0.05, 0.1) is 5.56 Å². The molecule has 178 valence electrons. The Labute approximate surface area is 196 Å². The van der Waals surface area contributed by atoms with Gasteiger partial charge >= 0.3 is 6.18 Å². The van der Waals surface area contributed by atoms with Gasteiger partial charge < -0.3 is 10.6 Å². The van der Waals surface area contributed by atoms with Crippen LogP contribution >= 0.6 is 0 Å². The predicted molar refractivity (Wildman–Crippen MR) is 125 cm³/mol. The molecule has 3 aromatic carbocycles. The summed E-state index contributed by atoms with van der Waals surface area (Å²) in [6.45, 7) is 0.121. The number of carbonyl (C=O) groups excluding carboxylic acids is 2. The quantitative estimate of drug-likeness (QED) is 0.478. The van der Waals surface area contributed by atoms with E-state index in [0.29, 0.717) is 25.7 Å². The van der Waals surface area contributed by atoms with Gasteiger partial charge in [0, 0.05) is 24.9 Å². The van der Waals surface area contributed by atoms with Crippen molar-refractivity contribution >= 4 is 22.6 Å². The third-order valence-electron chi connectivity index (χ3n) is 6.46. The highest BCUT2D eigenvalue weighted by molar-refractivity contribution is 5.83. The molecular weight excluding hydrogens is 441 g/mol. The van der Waals surface area contributed by atoms with E-state index in [9.17, 15) is 22.8 Å². The standard InChI is InChI=1S/C27H27F3N2O2/c28-27(29,30)23-8-4-3-6-21(23)13-16-31-24(33)11-14-26(15-12-25(34)32-26)18-19-9-10-20-5-1-2-7-22(20)17-19/h1-10,17H,11-16,18H2,(H,31,33)(H,32,34)/t26-/m1/s1. The van der Waals surface area contributed by atoms with E-state index in [4.69, 9.17) is 0 Å². The molecule has 0 radical (unpaired) electrons. The minimum Gasteiger partial charge on any atom is -0.356 e. The van der Waals surface area contributed by atoms with Gasteiger partial charge in [0.25, 0.3) is 0 Å². The molecule has 0 unspecified atom stereocenters. The molecule has 2 N–H and O–H groups in total. The maximum absolute atomic E-state index is 13.1. The molecule has 34 heavy (non-hydrogen) atoms. The fraction of sp³-hybridized carbons (Fsp3) is 0.333. The third-order valence-corrected chi connectivity index (χ3v) is 6.46. The van der Waals surface area contributed by atoms with E-state index in [1.165, 1.54) is 12.1 Å². The highest BCUT2D eigenvalue weighted by atomic mass is 19.4. The van der Waals surface area contributed by atoms with Crippen LogP contribution < -0.4 is 10.6 Å². The fourth-order valence-electron chi connectivity index (χ4n) is 4.71. The molecule has 1 heterocycles. The van der Waals surface area contributed by atoms with Gasteiger partial charge in [-0.05, 0) is 53.6 Å². The smallest absolute Gasteiger partial charge is 0.356 e. The van der Waals surface area contributed by atoms with Gasteiger partial charge in [-0.25, -0.2) is 0 Å². The average molecular weight is 469 g/mol. The van der Waals surface area contributed by atoms with Gasteiger partial charge in [-0.1, -0.05) is 60.7 Å². The molecule has 4 rings (SSSR count). The molecule has 1 saturated heterocycles. The van der Waals surface area contributed by atoms with Crippen molar-refractivity contribution in [2.75, 3.05) is 6.54 Å². The Balaban J connectivity index is 1.35. The number of fused-ring (bicyclic) bond motifs is 1. The molecule has 1 aliphatic heterocycles. The predicted octanol–water partition coefficient (Wildman–Crippen LogP) is 5.19. The van der Waals surface area contributed by atoms with Crippen LogP contribution in [0.3, 0.4) is 0 Å². The number of alkyl halides is 3. The minimum atomic E-state index is -4.42. The molecule has 1 atom stereocenters. The van der Waals surface area contributed by atoms with Crippen molar-refractivity contribution in [3.05, 3.63) is 83.4 Å². The van der Waals surface area contributed by atoms with E-state index in [-0.39, 0.29) is 36.8 Å². The first-order chi connectivity index (χ1) is 16.2. The summed E-state index contributed by atoms with van der Waals surface area (Å²) >= 11 is 0. The van der Waals surface area contributed by atoms with Crippen LogP contribution in [-0.2, 0) is 28.6 Å². The lowest BCUT2D eigenvalue weighted by molar-refractivity contribution is -0.138. The van der Waals surface area contributed by atoms with E-state index in [0.717, 1.165) is 22.4 Å². The maximum atomic E-state index is 13.1. The molecule has 0 spiro atoms. The first-order valence-corrected chi connectivity index (χ1v) is 11.4. The second kappa shape index (κ2) is 9.87. The summed E-state index contributed by atoms with van der Waals surface area (Å²) in [6.07, 6.45) is -1.98. The third kappa shape index (κ3) is 5.76. The first kappa shape index (κ1) is 23.8. The summed E-state index contributed by atoms with van der Waals surface area (Å²) in [7, 11) is 0. The summed E-state index contributed by atoms with van der Waals surface area (Å²) < 4.78 is 39.4. The largest absolute Gasteiger partial charge is 0.416 e. The van der Waals surface area contributed by atoms with Crippen molar-refractivity contribution in [3.8, 4) is 0 Å². The first-order valence-electron chi connectivity index (χ1n) is 11.4. The summed E-state index contributed by atoms with van der Waals surface area (Å²) in [6, 6.07) is 19.7. The van der Waals surface area contributed by atoms with E-state index in [2.05, 4.69) is 22.8 Å². The zero-order valence-corrected chi connectivity index (χ0v) is 18.8. The van der Waals surface area contributed by atoms with Crippen molar-refractivity contribution in [3.63, 3.8) is 0 Å². The van der Waals surface area contributed by atoms with Crippen LogP contribution in [0.1, 0.15) is 42.4 Å². The van der Waals surface area contributed by atoms with Crippen LogP contribution in [-0.4, -0.2) is 23.9 Å². The Morgan fingerprint density at radius 2 is 1.74 bits per heavy atom. The summed E-state index contributed by atoms with van der Waals surface area (Å²) in [5, 5.41) is 8.08. The van der Waals surface area contributed by atoms with Gasteiger partial charge in [-0.15, -0.1) is 0 Å². The molecule has 0 bridgehead atoms. The van der Waals surface area contributed by atoms with Crippen LogP contribution in [0, 0.1) is 0 Å². The number of hydrogen-bond acceptors (Lipinski definition) is 2. The lowest BCUT2D eigenvalue weighted by atomic mass is 9.84. The lowest BCUT2D eigenvalue weighted by Gasteiger charge is -2.29. The summed E-state index contributed by atoms with van der Waals surface area (Å²) in [4.78, 5) is 24.5. The van der Waals surface area contributed by atoms with E-state index in [1.807, 2.05) is 30.3 Å².